The van der Waals surface area contributed by atoms with Gasteiger partial charge in [-0.15, -0.1) is 11.8 Å². The first-order chi connectivity index (χ1) is 7.29. The molecule has 3 heteroatoms. The summed E-state index contributed by atoms with van der Waals surface area (Å²) in [6.07, 6.45) is 1.75. The Morgan fingerprint density at radius 1 is 1.40 bits per heavy atom. The maximum Gasteiger partial charge on any atom is 0.231 e. The maximum absolute atomic E-state index is 11.7. The van der Waals surface area contributed by atoms with Crippen LogP contribution in [-0.2, 0) is 17.6 Å². The summed E-state index contributed by atoms with van der Waals surface area (Å²) in [5, 5.41) is 0. The molecule has 2 aliphatic rings. The van der Waals surface area contributed by atoms with E-state index in [0.29, 0.717) is 6.42 Å². The van der Waals surface area contributed by atoms with Crippen LogP contribution in [0.15, 0.2) is 17.0 Å². The molecule has 1 aromatic carbocycles. The summed E-state index contributed by atoms with van der Waals surface area (Å²) in [6, 6.07) is 4.44. The van der Waals surface area contributed by atoms with Gasteiger partial charge < -0.3 is 4.90 Å². The lowest BCUT2D eigenvalue weighted by Gasteiger charge is -2.15. The quantitative estimate of drug-likeness (QED) is 0.722. The minimum absolute atomic E-state index is 0.251. The summed E-state index contributed by atoms with van der Waals surface area (Å²) >= 11 is 1.91. The Labute approximate surface area is 93.7 Å². The highest BCUT2D eigenvalue weighted by Crippen LogP contribution is 2.39. The Morgan fingerprint density at radius 3 is 3.07 bits per heavy atom. The van der Waals surface area contributed by atoms with Gasteiger partial charge in [-0.3, -0.25) is 4.79 Å². The second kappa shape index (κ2) is 3.27. The van der Waals surface area contributed by atoms with Crippen LogP contribution in [0.25, 0.3) is 0 Å². The number of benzene rings is 1. The molecule has 0 unspecified atom stereocenters. The SMILES string of the molecule is CCN1C(=O)Cc2cc3c(cc21)CCS3. The van der Waals surface area contributed by atoms with Crippen LogP contribution in [0.3, 0.4) is 0 Å². The molecule has 0 aliphatic carbocycles. The lowest BCUT2D eigenvalue weighted by molar-refractivity contribution is -0.117. The van der Waals surface area contributed by atoms with Gasteiger partial charge in [-0.2, -0.15) is 0 Å². The van der Waals surface area contributed by atoms with Crippen LogP contribution in [0.2, 0.25) is 0 Å². The van der Waals surface area contributed by atoms with Gasteiger partial charge in [0.05, 0.1) is 6.42 Å². The lowest BCUT2D eigenvalue weighted by atomic mass is 10.1. The number of aryl methyl sites for hydroxylation is 1. The molecule has 78 valence electrons. The molecule has 0 saturated heterocycles. The van der Waals surface area contributed by atoms with Crippen molar-refractivity contribution in [2.45, 2.75) is 24.7 Å². The van der Waals surface area contributed by atoms with E-state index in [1.165, 1.54) is 21.8 Å². The van der Waals surface area contributed by atoms with E-state index >= 15 is 0 Å². The van der Waals surface area contributed by atoms with Crippen LogP contribution < -0.4 is 4.90 Å². The lowest BCUT2D eigenvalue weighted by Crippen LogP contribution is -2.25. The van der Waals surface area contributed by atoms with E-state index in [-0.39, 0.29) is 5.91 Å². The standard InChI is InChI=1S/C12H13NOS/c1-2-13-10-5-8-3-4-15-11(8)6-9(10)7-12(13)14/h5-6H,2-4,7H2,1H3. The van der Waals surface area contributed by atoms with Crippen LogP contribution in [0, 0.1) is 0 Å². The number of likely N-dealkylation sites (N-methyl/N-ethyl adjacent to an activating group) is 1. The van der Waals surface area contributed by atoms with E-state index in [1.54, 1.807) is 0 Å². The van der Waals surface area contributed by atoms with Gasteiger partial charge in [-0.1, -0.05) is 0 Å². The number of rotatable bonds is 1. The highest BCUT2D eigenvalue weighted by Gasteiger charge is 2.28. The van der Waals surface area contributed by atoms with E-state index in [9.17, 15) is 4.79 Å². The third-order valence-corrected chi connectivity index (χ3v) is 4.24. The van der Waals surface area contributed by atoms with E-state index in [2.05, 4.69) is 12.1 Å². The fourth-order valence-corrected chi connectivity index (χ4v) is 3.50. The number of thioether (sulfide) groups is 1. The zero-order valence-electron chi connectivity index (χ0n) is 8.75. The first-order valence-corrected chi connectivity index (χ1v) is 6.37. The van der Waals surface area contributed by atoms with E-state index < -0.39 is 0 Å². The van der Waals surface area contributed by atoms with Gasteiger partial charge in [-0.05, 0) is 36.6 Å². The van der Waals surface area contributed by atoms with Gasteiger partial charge >= 0.3 is 0 Å². The summed E-state index contributed by atoms with van der Waals surface area (Å²) in [4.78, 5) is 15.0. The average Bonchev–Trinajstić information content (AvgIpc) is 2.76. The van der Waals surface area contributed by atoms with Crippen LogP contribution in [0.5, 0.6) is 0 Å². The van der Waals surface area contributed by atoms with Crippen molar-refractivity contribution in [1.82, 2.24) is 0 Å². The van der Waals surface area contributed by atoms with Crippen molar-refractivity contribution in [1.29, 1.82) is 0 Å². The molecule has 1 aromatic rings. The van der Waals surface area contributed by atoms with E-state index in [0.717, 1.165) is 18.7 Å². The molecule has 0 spiro atoms. The number of amides is 1. The number of hydrogen-bond donors (Lipinski definition) is 0. The van der Waals surface area contributed by atoms with Crippen molar-refractivity contribution in [2.24, 2.45) is 0 Å². The number of nitrogens with zero attached hydrogens (tertiary/aromatic N) is 1. The van der Waals surface area contributed by atoms with Crippen LogP contribution in [0.1, 0.15) is 18.1 Å². The van der Waals surface area contributed by atoms with Gasteiger partial charge in [0.15, 0.2) is 0 Å². The average molecular weight is 219 g/mol. The zero-order valence-corrected chi connectivity index (χ0v) is 9.56. The Bertz CT molecular complexity index is 441. The fourth-order valence-electron chi connectivity index (χ4n) is 2.39. The smallest absolute Gasteiger partial charge is 0.231 e. The highest BCUT2D eigenvalue weighted by molar-refractivity contribution is 7.99. The largest absolute Gasteiger partial charge is 0.312 e. The minimum atomic E-state index is 0.251. The molecular weight excluding hydrogens is 206 g/mol. The van der Waals surface area contributed by atoms with Crippen molar-refractivity contribution < 1.29 is 4.79 Å². The molecular formula is C12H13NOS. The van der Waals surface area contributed by atoms with Gasteiger partial charge in [0.25, 0.3) is 0 Å². The summed E-state index contributed by atoms with van der Waals surface area (Å²) in [7, 11) is 0. The molecule has 3 rings (SSSR count). The molecule has 15 heavy (non-hydrogen) atoms. The molecule has 0 aromatic heterocycles. The third-order valence-electron chi connectivity index (χ3n) is 3.14. The third kappa shape index (κ3) is 1.29. The first kappa shape index (κ1) is 9.28. The Kier molecular flexibility index (Phi) is 2.02. The number of hydrogen-bond acceptors (Lipinski definition) is 2. The summed E-state index contributed by atoms with van der Waals surface area (Å²) in [6.45, 7) is 2.83. The van der Waals surface area contributed by atoms with Crippen molar-refractivity contribution in [3.05, 3.63) is 23.3 Å². The predicted octanol–water partition coefficient (Wildman–Crippen LogP) is 2.24. The van der Waals surface area contributed by atoms with Gasteiger partial charge in [0, 0.05) is 22.9 Å². The first-order valence-electron chi connectivity index (χ1n) is 5.38. The molecule has 0 N–H and O–H groups in total. The van der Waals surface area contributed by atoms with Crippen molar-refractivity contribution in [3.63, 3.8) is 0 Å². The fraction of sp³-hybridized carbons (Fsp3) is 0.417. The predicted molar refractivity (Wildman–Crippen MR) is 62.6 cm³/mol. The second-order valence-electron chi connectivity index (χ2n) is 4.00. The number of fused-ring (bicyclic) bond motifs is 2. The summed E-state index contributed by atoms with van der Waals surface area (Å²) in [5.74, 6) is 1.44. The highest BCUT2D eigenvalue weighted by atomic mass is 32.2. The molecule has 0 fully saturated rings. The molecule has 0 radical (unpaired) electrons. The molecule has 0 bridgehead atoms. The topological polar surface area (TPSA) is 20.3 Å². The van der Waals surface area contributed by atoms with Crippen LogP contribution >= 0.6 is 11.8 Å². The zero-order chi connectivity index (χ0) is 10.4. The monoisotopic (exact) mass is 219 g/mol. The Hall–Kier alpha value is -0.960. The second-order valence-corrected chi connectivity index (χ2v) is 5.14. The molecule has 2 heterocycles. The van der Waals surface area contributed by atoms with Crippen LogP contribution in [0.4, 0.5) is 5.69 Å². The number of carbonyl (C=O) groups is 1. The van der Waals surface area contributed by atoms with Crippen molar-refractivity contribution in [3.8, 4) is 0 Å². The van der Waals surface area contributed by atoms with E-state index in [4.69, 9.17) is 0 Å². The maximum atomic E-state index is 11.7. The molecule has 0 atom stereocenters. The minimum Gasteiger partial charge on any atom is -0.312 e. The van der Waals surface area contributed by atoms with Crippen molar-refractivity contribution >= 4 is 23.4 Å². The molecule has 2 aliphatic heterocycles. The van der Waals surface area contributed by atoms with E-state index in [1.807, 2.05) is 23.6 Å². The number of anilines is 1. The molecule has 2 nitrogen and oxygen atoms in total. The van der Waals surface area contributed by atoms with Gasteiger partial charge in [-0.25, -0.2) is 0 Å². The Morgan fingerprint density at radius 2 is 2.27 bits per heavy atom. The Balaban J connectivity index is 2.12. The normalized spacial score (nSPS) is 18.2. The van der Waals surface area contributed by atoms with Gasteiger partial charge in [0.1, 0.15) is 0 Å². The summed E-state index contributed by atoms with van der Waals surface area (Å²) < 4.78 is 0. The van der Waals surface area contributed by atoms with Gasteiger partial charge in [0.2, 0.25) is 5.91 Å². The molecule has 0 saturated carbocycles. The van der Waals surface area contributed by atoms with Crippen molar-refractivity contribution in [2.75, 3.05) is 17.2 Å². The molecule has 1 amide bonds. The number of carbonyl (C=O) groups excluding carboxylic acids is 1. The summed E-state index contributed by atoms with van der Waals surface area (Å²) in [5.41, 5.74) is 3.80. The van der Waals surface area contributed by atoms with Crippen LogP contribution in [-0.4, -0.2) is 18.2 Å².